The predicted molar refractivity (Wildman–Crippen MR) is 64.0 cm³/mol. The molecule has 0 unspecified atom stereocenters. The Balaban J connectivity index is 2.22. The van der Waals surface area contributed by atoms with Crippen molar-refractivity contribution in [2.24, 2.45) is 0 Å². The Morgan fingerprint density at radius 1 is 1.47 bits per heavy atom. The van der Waals surface area contributed by atoms with Crippen LogP contribution < -0.4 is 5.32 Å². The molecule has 0 spiro atoms. The summed E-state index contributed by atoms with van der Waals surface area (Å²) in [5.41, 5.74) is 1.24. The lowest BCUT2D eigenvalue weighted by atomic mass is 10.3. The average Bonchev–Trinajstić information content (AvgIpc) is 2.72. The highest BCUT2D eigenvalue weighted by Gasteiger charge is 2.07. The standard InChI is InChI=1S/C11H18N2OS/c1-3-13(4-2)11(14)8-12-7-10-5-6-15-9-10/h5-6,9,12H,3-4,7-8H2,1-2H3. The number of nitrogens with zero attached hydrogens (tertiary/aromatic N) is 1. The third-order valence-electron chi connectivity index (χ3n) is 2.30. The first-order valence-corrected chi connectivity index (χ1v) is 6.21. The van der Waals surface area contributed by atoms with E-state index in [1.165, 1.54) is 5.56 Å². The fraction of sp³-hybridized carbons (Fsp3) is 0.545. The number of amides is 1. The molecule has 1 heterocycles. The first kappa shape index (κ1) is 12.2. The van der Waals surface area contributed by atoms with E-state index in [4.69, 9.17) is 0 Å². The van der Waals surface area contributed by atoms with E-state index in [9.17, 15) is 4.79 Å². The van der Waals surface area contributed by atoms with Crippen molar-refractivity contribution in [1.29, 1.82) is 0 Å². The first-order valence-electron chi connectivity index (χ1n) is 5.27. The van der Waals surface area contributed by atoms with E-state index in [-0.39, 0.29) is 5.91 Å². The van der Waals surface area contributed by atoms with E-state index >= 15 is 0 Å². The van der Waals surface area contributed by atoms with Crippen LogP contribution in [0, 0.1) is 0 Å². The van der Waals surface area contributed by atoms with E-state index in [1.54, 1.807) is 11.3 Å². The molecule has 0 aliphatic rings. The zero-order valence-electron chi connectivity index (χ0n) is 9.32. The Labute approximate surface area is 95.1 Å². The fourth-order valence-electron chi connectivity index (χ4n) is 1.40. The van der Waals surface area contributed by atoms with Gasteiger partial charge in [0, 0.05) is 19.6 Å². The van der Waals surface area contributed by atoms with Crippen LogP contribution in [0.3, 0.4) is 0 Å². The van der Waals surface area contributed by atoms with Crippen LogP contribution in [0.25, 0.3) is 0 Å². The molecule has 1 aromatic rings. The van der Waals surface area contributed by atoms with Gasteiger partial charge in [0.15, 0.2) is 0 Å². The molecule has 0 atom stereocenters. The molecule has 0 radical (unpaired) electrons. The lowest BCUT2D eigenvalue weighted by molar-refractivity contribution is -0.129. The topological polar surface area (TPSA) is 32.3 Å². The normalized spacial score (nSPS) is 10.3. The van der Waals surface area contributed by atoms with Gasteiger partial charge in [0.2, 0.25) is 5.91 Å². The van der Waals surface area contributed by atoms with Gasteiger partial charge in [-0.25, -0.2) is 0 Å². The Morgan fingerprint density at radius 3 is 2.73 bits per heavy atom. The molecule has 0 aliphatic carbocycles. The first-order chi connectivity index (χ1) is 7.27. The SMILES string of the molecule is CCN(CC)C(=O)CNCc1ccsc1. The summed E-state index contributed by atoms with van der Waals surface area (Å²) in [6, 6.07) is 2.07. The summed E-state index contributed by atoms with van der Waals surface area (Å²) in [6.45, 7) is 6.78. The minimum atomic E-state index is 0.176. The van der Waals surface area contributed by atoms with Gasteiger partial charge in [-0.1, -0.05) is 0 Å². The monoisotopic (exact) mass is 226 g/mol. The van der Waals surface area contributed by atoms with Crippen LogP contribution in [0.15, 0.2) is 16.8 Å². The van der Waals surface area contributed by atoms with Gasteiger partial charge in [0.05, 0.1) is 6.54 Å². The van der Waals surface area contributed by atoms with Crippen molar-refractivity contribution in [3.63, 3.8) is 0 Å². The van der Waals surface area contributed by atoms with Gasteiger partial charge in [-0.3, -0.25) is 4.79 Å². The van der Waals surface area contributed by atoms with Crippen molar-refractivity contribution in [1.82, 2.24) is 10.2 Å². The lowest BCUT2D eigenvalue weighted by Gasteiger charge is -2.18. The van der Waals surface area contributed by atoms with E-state index in [0.717, 1.165) is 19.6 Å². The number of rotatable bonds is 6. The minimum absolute atomic E-state index is 0.176. The van der Waals surface area contributed by atoms with Crippen LogP contribution in [-0.2, 0) is 11.3 Å². The molecule has 0 aromatic carbocycles. The number of carbonyl (C=O) groups excluding carboxylic acids is 1. The molecule has 0 saturated heterocycles. The molecule has 1 N–H and O–H groups in total. The highest BCUT2D eigenvalue weighted by Crippen LogP contribution is 2.04. The van der Waals surface area contributed by atoms with Gasteiger partial charge in [0.25, 0.3) is 0 Å². The Kier molecular flexibility index (Phi) is 5.36. The van der Waals surface area contributed by atoms with Gasteiger partial charge in [-0.15, -0.1) is 0 Å². The van der Waals surface area contributed by atoms with Crippen molar-refractivity contribution >= 4 is 17.2 Å². The smallest absolute Gasteiger partial charge is 0.236 e. The van der Waals surface area contributed by atoms with Crippen LogP contribution >= 0.6 is 11.3 Å². The predicted octanol–water partition coefficient (Wildman–Crippen LogP) is 1.71. The molecular formula is C11H18N2OS. The third-order valence-corrected chi connectivity index (χ3v) is 3.03. The molecule has 1 amide bonds. The number of carbonyl (C=O) groups is 1. The highest BCUT2D eigenvalue weighted by atomic mass is 32.1. The Morgan fingerprint density at radius 2 is 2.20 bits per heavy atom. The minimum Gasteiger partial charge on any atom is -0.342 e. The Hall–Kier alpha value is -0.870. The van der Waals surface area contributed by atoms with E-state index in [1.807, 2.05) is 24.1 Å². The molecular weight excluding hydrogens is 208 g/mol. The molecule has 0 saturated carbocycles. The van der Waals surface area contributed by atoms with Crippen LogP contribution in [0.4, 0.5) is 0 Å². The molecule has 0 bridgehead atoms. The zero-order chi connectivity index (χ0) is 11.1. The zero-order valence-corrected chi connectivity index (χ0v) is 10.1. The quantitative estimate of drug-likeness (QED) is 0.801. The largest absolute Gasteiger partial charge is 0.342 e. The lowest BCUT2D eigenvalue weighted by Crippen LogP contribution is -2.37. The number of hydrogen-bond acceptors (Lipinski definition) is 3. The summed E-state index contributed by atoms with van der Waals surface area (Å²) in [7, 11) is 0. The Bertz CT molecular complexity index is 281. The average molecular weight is 226 g/mol. The van der Waals surface area contributed by atoms with Crippen molar-refractivity contribution in [2.75, 3.05) is 19.6 Å². The second-order valence-corrected chi connectivity index (χ2v) is 4.08. The van der Waals surface area contributed by atoms with E-state index in [2.05, 4.69) is 16.8 Å². The molecule has 1 aromatic heterocycles. The molecule has 15 heavy (non-hydrogen) atoms. The summed E-state index contributed by atoms with van der Waals surface area (Å²) in [5, 5.41) is 7.29. The van der Waals surface area contributed by atoms with E-state index < -0.39 is 0 Å². The van der Waals surface area contributed by atoms with Gasteiger partial charge in [-0.05, 0) is 36.2 Å². The summed E-state index contributed by atoms with van der Waals surface area (Å²) in [5.74, 6) is 0.176. The van der Waals surface area contributed by atoms with Crippen LogP contribution in [-0.4, -0.2) is 30.4 Å². The molecule has 4 heteroatoms. The van der Waals surface area contributed by atoms with E-state index in [0.29, 0.717) is 6.54 Å². The molecule has 0 fully saturated rings. The van der Waals surface area contributed by atoms with Crippen molar-refractivity contribution in [3.8, 4) is 0 Å². The third kappa shape index (κ3) is 4.01. The van der Waals surface area contributed by atoms with Gasteiger partial charge < -0.3 is 10.2 Å². The fourth-order valence-corrected chi connectivity index (χ4v) is 2.06. The van der Waals surface area contributed by atoms with Gasteiger partial charge >= 0.3 is 0 Å². The summed E-state index contributed by atoms with van der Waals surface area (Å²) in [4.78, 5) is 13.4. The highest BCUT2D eigenvalue weighted by molar-refractivity contribution is 7.07. The summed E-state index contributed by atoms with van der Waals surface area (Å²) < 4.78 is 0. The number of likely N-dealkylation sites (N-methyl/N-ethyl adjacent to an activating group) is 1. The van der Waals surface area contributed by atoms with Crippen LogP contribution in [0.5, 0.6) is 0 Å². The second kappa shape index (κ2) is 6.58. The van der Waals surface area contributed by atoms with Crippen LogP contribution in [0.1, 0.15) is 19.4 Å². The second-order valence-electron chi connectivity index (χ2n) is 3.30. The number of thiophene rings is 1. The molecule has 1 rings (SSSR count). The maximum absolute atomic E-state index is 11.6. The number of nitrogens with one attached hydrogen (secondary N) is 1. The number of hydrogen-bond donors (Lipinski definition) is 1. The molecule has 0 aliphatic heterocycles. The summed E-state index contributed by atoms with van der Waals surface area (Å²) in [6.07, 6.45) is 0. The maximum atomic E-state index is 11.6. The van der Waals surface area contributed by atoms with Gasteiger partial charge in [0.1, 0.15) is 0 Å². The maximum Gasteiger partial charge on any atom is 0.236 e. The molecule has 3 nitrogen and oxygen atoms in total. The van der Waals surface area contributed by atoms with Crippen molar-refractivity contribution in [2.45, 2.75) is 20.4 Å². The van der Waals surface area contributed by atoms with Crippen molar-refractivity contribution < 1.29 is 4.79 Å². The summed E-state index contributed by atoms with van der Waals surface area (Å²) >= 11 is 1.68. The van der Waals surface area contributed by atoms with Crippen molar-refractivity contribution in [3.05, 3.63) is 22.4 Å². The van der Waals surface area contributed by atoms with Crippen LogP contribution in [0.2, 0.25) is 0 Å². The van der Waals surface area contributed by atoms with Gasteiger partial charge in [-0.2, -0.15) is 11.3 Å². The molecule has 84 valence electrons.